The molecule has 102 valence electrons. The molecule has 3 saturated carbocycles. The van der Waals surface area contributed by atoms with Crippen LogP contribution in [0.5, 0.6) is 0 Å². The molecule has 0 aromatic heterocycles. The van der Waals surface area contributed by atoms with Crippen LogP contribution in [0.4, 0.5) is 8.78 Å². The molecule has 0 radical (unpaired) electrons. The predicted octanol–water partition coefficient (Wildman–Crippen LogP) is 3.61. The minimum atomic E-state index is -1.14. The molecule has 1 aromatic carbocycles. The minimum Gasteiger partial charge on any atom is -0.385 e. The Labute approximate surface area is 111 Å². The van der Waals surface area contributed by atoms with Crippen molar-refractivity contribution in [2.45, 2.75) is 37.7 Å². The molecule has 0 spiro atoms. The van der Waals surface area contributed by atoms with E-state index in [4.69, 9.17) is 0 Å². The first-order valence-corrected chi connectivity index (χ1v) is 7.28. The van der Waals surface area contributed by atoms with Crippen molar-refractivity contribution in [2.75, 3.05) is 0 Å². The zero-order valence-corrected chi connectivity index (χ0v) is 10.8. The molecule has 3 aliphatic rings. The monoisotopic (exact) mass is 264 g/mol. The number of fused-ring (bicyclic) bond motifs is 5. The van der Waals surface area contributed by atoms with Gasteiger partial charge in [-0.05, 0) is 55.4 Å². The predicted molar refractivity (Wildman–Crippen MR) is 67.3 cm³/mol. The number of rotatable bonds is 1. The topological polar surface area (TPSA) is 20.2 Å². The Balaban J connectivity index is 1.77. The Morgan fingerprint density at radius 1 is 1.16 bits per heavy atom. The van der Waals surface area contributed by atoms with Gasteiger partial charge in [-0.25, -0.2) is 8.78 Å². The van der Waals surface area contributed by atoms with Crippen LogP contribution in [0.2, 0.25) is 0 Å². The van der Waals surface area contributed by atoms with E-state index in [1.807, 2.05) is 0 Å². The van der Waals surface area contributed by atoms with Crippen LogP contribution in [-0.2, 0) is 5.60 Å². The number of aliphatic hydroxyl groups is 1. The lowest BCUT2D eigenvalue weighted by Crippen LogP contribution is -2.39. The summed E-state index contributed by atoms with van der Waals surface area (Å²) >= 11 is 0. The summed E-state index contributed by atoms with van der Waals surface area (Å²) in [7, 11) is 0. The molecule has 5 unspecified atom stereocenters. The van der Waals surface area contributed by atoms with E-state index >= 15 is 0 Å². The largest absolute Gasteiger partial charge is 0.385 e. The molecule has 3 fully saturated rings. The van der Waals surface area contributed by atoms with Gasteiger partial charge in [0.25, 0.3) is 0 Å². The molecule has 4 rings (SSSR count). The highest BCUT2D eigenvalue weighted by molar-refractivity contribution is 5.30. The van der Waals surface area contributed by atoms with E-state index < -0.39 is 17.2 Å². The van der Waals surface area contributed by atoms with Crippen LogP contribution in [0.3, 0.4) is 0 Å². The van der Waals surface area contributed by atoms with Crippen molar-refractivity contribution >= 4 is 0 Å². The van der Waals surface area contributed by atoms with Gasteiger partial charge >= 0.3 is 0 Å². The van der Waals surface area contributed by atoms with E-state index in [1.165, 1.54) is 18.9 Å². The Morgan fingerprint density at radius 2 is 1.95 bits per heavy atom. The SMILES string of the molecule is OC1(c2cccc(F)c2F)CC2CC1C1CCCC21. The molecule has 0 saturated heterocycles. The van der Waals surface area contributed by atoms with Crippen LogP contribution in [0.15, 0.2) is 18.2 Å². The highest BCUT2D eigenvalue weighted by Crippen LogP contribution is 2.65. The summed E-state index contributed by atoms with van der Waals surface area (Å²) in [5.41, 5.74) is -0.951. The van der Waals surface area contributed by atoms with Gasteiger partial charge in [-0.2, -0.15) is 0 Å². The van der Waals surface area contributed by atoms with E-state index in [0.717, 1.165) is 24.8 Å². The molecule has 1 N–H and O–H groups in total. The smallest absolute Gasteiger partial charge is 0.164 e. The summed E-state index contributed by atoms with van der Waals surface area (Å²) in [4.78, 5) is 0. The standard InChI is InChI=1S/C16H18F2O/c17-14-6-2-5-12(15(14)18)16(19)8-9-7-13(16)11-4-1-3-10(9)11/h2,5-6,9-11,13,19H,1,3-4,7-8H2. The summed E-state index contributed by atoms with van der Waals surface area (Å²) in [5, 5.41) is 11.0. The van der Waals surface area contributed by atoms with E-state index in [2.05, 4.69) is 0 Å². The third-order valence-electron chi connectivity index (χ3n) is 5.91. The lowest BCUT2D eigenvalue weighted by Gasteiger charge is -2.39. The van der Waals surface area contributed by atoms with Crippen molar-refractivity contribution < 1.29 is 13.9 Å². The molecule has 0 amide bonds. The van der Waals surface area contributed by atoms with Crippen molar-refractivity contribution in [3.8, 4) is 0 Å². The third kappa shape index (κ3) is 1.42. The molecular formula is C16H18F2O. The highest BCUT2D eigenvalue weighted by atomic mass is 19.2. The highest BCUT2D eigenvalue weighted by Gasteiger charge is 2.61. The summed E-state index contributed by atoms with van der Waals surface area (Å²) in [6.45, 7) is 0. The summed E-state index contributed by atoms with van der Waals surface area (Å²) in [5.74, 6) is 0.170. The zero-order chi connectivity index (χ0) is 13.2. The fraction of sp³-hybridized carbons (Fsp3) is 0.625. The van der Waals surface area contributed by atoms with Gasteiger partial charge in [0.2, 0.25) is 0 Å². The molecule has 1 nitrogen and oxygen atoms in total. The van der Waals surface area contributed by atoms with Crippen molar-refractivity contribution in [1.29, 1.82) is 0 Å². The molecule has 0 aliphatic heterocycles. The van der Waals surface area contributed by atoms with Gasteiger partial charge in [0.15, 0.2) is 11.6 Å². The van der Waals surface area contributed by atoms with Crippen LogP contribution in [0, 0.1) is 35.3 Å². The maximum Gasteiger partial charge on any atom is 0.164 e. The third-order valence-corrected chi connectivity index (χ3v) is 5.91. The number of hydrogen-bond donors (Lipinski definition) is 1. The first-order valence-electron chi connectivity index (χ1n) is 7.28. The Bertz CT molecular complexity index is 529. The fourth-order valence-corrected chi connectivity index (χ4v) is 5.26. The molecule has 19 heavy (non-hydrogen) atoms. The molecule has 3 aliphatic carbocycles. The van der Waals surface area contributed by atoms with Crippen molar-refractivity contribution in [1.82, 2.24) is 0 Å². The maximum atomic E-state index is 14.0. The second-order valence-electron chi connectivity index (χ2n) is 6.59. The Kier molecular flexibility index (Phi) is 2.36. The molecule has 0 heterocycles. The fourth-order valence-electron chi connectivity index (χ4n) is 5.26. The average Bonchev–Trinajstić information content (AvgIpc) is 3.03. The molecular weight excluding hydrogens is 246 g/mol. The van der Waals surface area contributed by atoms with E-state index in [9.17, 15) is 13.9 Å². The molecule has 1 aromatic rings. The van der Waals surface area contributed by atoms with Crippen LogP contribution < -0.4 is 0 Å². The second kappa shape index (κ2) is 3.78. The molecule has 3 heteroatoms. The van der Waals surface area contributed by atoms with Crippen LogP contribution in [-0.4, -0.2) is 5.11 Å². The Hall–Kier alpha value is -0.960. The first kappa shape index (κ1) is 11.8. The zero-order valence-electron chi connectivity index (χ0n) is 10.8. The van der Waals surface area contributed by atoms with Gasteiger partial charge < -0.3 is 5.11 Å². The molecule has 2 bridgehead atoms. The minimum absolute atomic E-state index is 0.126. The van der Waals surface area contributed by atoms with E-state index in [1.54, 1.807) is 6.07 Å². The van der Waals surface area contributed by atoms with E-state index in [-0.39, 0.29) is 11.5 Å². The maximum absolute atomic E-state index is 14.0. The van der Waals surface area contributed by atoms with Gasteiger partial charge in [-0.1, -0.05) is 18.6 Å². The van der Waals surface area contributed by atoms with Crippen LogP contribution >= 0.6 is 0 Å². The van der Waals surface area contributed by atoms with Crippen molar-refractivity contribution in [3.05, 3.63) is 35.4 Å². The number of benzene rings is 1. The average molecular weight is 264 g/mol. The Morgan fingerprint density at radius 3 is 2.79 bits per heavy atom. The lowest BCUT2D eigenvalue weighted by atomic mass is 9.70. The van der Waals surface area contributed by atoms with Gasteiger partial charge in [-0.15, -0.1) is 0 Å². The van der Waals surface area contributed by atoms with Crippen molar-refractivity contribution in [3.63, 3.8) is 0 Å². The van der Waals surface area contributed by atoms with Gasteiger partial charge in [0.05, 0.1) is 5.60 Å². The summed E-state index contributed by atoms with van der Waals surface area (Å²) < 4.78 is 27.5. The lowest BCUT2D eigenvalue weighted by molar-refractivity contribution is -0.0541. The summed E-state index contributed by atoms with van der Waals surface area (Å²) in [6.07, 6.45) is 5.23. The van der Waals surface area contributed by atoms with Crippen LogP contribution in [0.1, 0.15) is 37.7 Å². The van der Waals surface area contributed by atoms with Gasteiger partial charge in [0.1, 0.15) is 0 Å². The van der Waals surface area contributed by atoms with E-state index in [0.29, 0.717) is 18.3 Å². The van der Waals surface area contributed by atoms with Gasteiger partial charge in [0, 0.05) is 5.56 Å². The quantitative estimate of drug-likeness (QED) is 0.821. The molecule has 5 atom stereocenters. The number of halogens is 2. The van der Waals surface area contributed by atoms with Gasteiger partial charge in [-0.3, -0.25) is 0 Å². The number of hydrogen-bond acceptors (Lipinski definition) is 1. The van der Waals surface area contributed by atoms with Crippen LogP contribution in [0.25, 0.3) is 0 Å². The summed E-state index contributed by atoms with van der Waals surface area (Å²) in [6, 6.07) is 4.18. The second-order valence-corrected chi connectivity index (χ2v) is 6.59. The normalized spacial score (nSPS) is 43.7. The first-order chi connectivity index (χ1) is 9.11. The van der Waals surface area contributed by atoms with Crippen molar-refractivity contribution in [2.24, 2.45) is 23.7 Å².